The monoisotopic (exact) mass is 431 g/mol. The summed E-state index contributed by atoms with van der Waals surface area (Å²) in [5, 5.41) is 17.5. The first-order valence-corrected chi connectivity index (χ1v) is 9.61. The molecule has 3 heterocycles. The third-order valence-electron chi connectivity index (χ3n) is 4.33. The van der Waals surface area contributed by atoms with Crippen LogP contribution in [-0.2, 0) is 24.0 Å². The lowest BCUT2D eigenvalue weighted by Crippen LogP contribution is -2.71. The van der Waals surface area contributed by atoms with Crippen molar-refractivity contribution in [2.75, 3.05) is 18.2 Å². The smallest absolute Gasteiger partial charge is 0.352 e. The maximum absolute atomic E-state index is 12.8. The number of aromatic nitrogens is 1. The van der Waals surface area contributed by atoms with E-state index in [4.69, 9.17) is 4.84 Å². The second-order valence-electron chi connectivity index (χ2n) is 6.04. The molecule has 30 heavy (non-hydrogen) atoms. The van der Waals surface area contributed by atoms with Crippen LogP contribution in [0, 0.1) is 0 Å². The lowest BCUT2D eigenvalue weighted by atomic mass is 10.0. The number of nitrogens with zero attached hydrogens (tertiary/aromatic N) is 3. The molecule has 2 aliphatic heterocycles. The summed E-state index contributed by atoms with van der Waals surface area (Å²) in [5.74, 6) is -1.99. The average Bonchev–Trinajstić information content (AvgIpc) is 2.74. The molecule has 1 unspecified atom stereocenters. The SMILES string of the molecule is C=CC1=C(C(=O)O)N2C(=O)C(NC(=O)/C(=N\OC)c3cccc(NC=O)n3)[C@H]2SC1. The Labute approximate surface area is 174 Å². The molecule has 1 aromatic heterocycles. The van der Waals surface area contributed by atoms with Gasteiger partial charge in [0.25, 0.3) is 11.8 Å². The fourth-order valence-electron chi connectivity index (χ4n) is 3.01. The molecule has 0 spiro atoms. The quantitative estimate of drug-likeness (QED) is 0.224. The molecule has 0 radical (unpaired) electrons. The number of carbonyl (C=O) groups excluding carboxylic acids is 3. The Balaban J connectivity index is 1.81. The van der Waals surface area contributed by atoms with E-state index in [-0.39, 0.29) is 22.9 Å². The van der Waals surface area contributed by atoms with Gasteiger partial charge < -0.3 is 20.6 Å². The lowest BCUT2D eigenvalue weighted by Gasteiger charge is -2.49. The number of carboxylic acids is 1. The maximum Gasteiger partial charge on any atom is 0.352 e. The minimum absolute atomic E-state index is 0.112. The third kappa shape index (κ3) is 3.76. The van der Waals surface area contributed by atoms with Gasteiger partial charge in [-0.25, -0.2) is 9.78 Å². The molecule has 0 aliphatic carbocycles. The predicted octanol–water partition coefficient (Wildman–Crippen LogP) is -0.0750. The molecular formula is C18H17N5O6S. The van der Waals surface area contributed by atoms with Crippen LogP contribution >= 0.6 is 11.8 Å². The zero-order valence-electron chi connectivity index (χ0n) is 15.7. The van der Waals surface area contributed by atoms with Gasteiger partial charge in [-0.15, -0.1) is 11.8 Å². The number of hydrogen-bond donors (Lipinski definition) is 3. The number of β-lactam (4-membered cyclic amide) rings is 1. The summed E-state index contributed by atoms with van der Waals surface area (Å²) in [6.07, 6.45) is 1.84. The van der Waals surface area contributed by atoms with Crippen molar-refractivity contribution in [1.29, 1.82) is 0 Å². The molecule has 2 atom stereocenters. The van der Waals surface area contributed by atoms with Crippen LogP contribution < -0.4 is 10.6 Å². The Bertz CT molecular complexity index is 991. The number of hydrogen-bond acceptors (Lipinski definition) is 8. The number of allylic oxidation sites excluding steroid dienone is 1. The summed E-state index contributed by atoms with van der Waals surface area (Å²) in [6, 6.07) is 3.62. The summed E-state index contributed by atoms with van der Waals surface area (Å²) in [5.41, 5.74) is 0.206. The van der Waals surface area contributed by atoms with Crippen LogP contribution in [0.25, 0.3) is 0 Å². The van der Waals surface area contributed by atoms with Crippen molar-refractivity contribution in [2.24, 2.45) is 5.16 Å². The number of carbonyl (C=O) groups is 4. The molecule has 0 bridgehead atoms. The number of thioether (sulfide) groups is 1. The summed E-state index contributed by atoms with van der Waals surface area (Å²) in [6.45, 7) is 3.58. The zero-order valence-corrected chi connectivity index (χ0v) is 16.5. The van der Waals surface area contributed by atoms with Crippen LogP contribution in [0.3, 0.4) is 0 Å². The number of rotatable bonds is 8. The third-order valence-corrected chi connectivity index (χ3v) is 5.63. The average molecular weight is 431 g/mol. The largest absolute Gasteiger partial charge is 0.477 e. The van der Waals surface area contributed by atoms with Crippen LogP contribution in [0.2, 0.25) is 0 Å². The second kappa shape index (κ2) is 8.78. The van der Waals surface area contributed by atoms with E-state index in [0.29, 0.717) is 17.7 Å². The molecule has 1 aromatic rings. The first-order chi connectivity index (χ1) is 14.4. The standard InChI is InChI=1S/C18H17N5O6S/c1-3-9-7-30-17-13(16(26)23(17)14(9)18(27)28)21-15(25)12(22-29-2)10-5-4-6-11(20-10)19-8-24/h3-6,8,13,17H,1,7H2,2H3,(H,21,25)(H,27,28)(H,19,20,24)/b22-12-/t13?,17-/m1/s1. The Morgan fingerprint density at radius 2 is 2.23 bits per heavy atom. The molecule has 1 fully saturated rings. The van der Waals surface area contributed by atoms with Crippen molar-refractivity contribution in [3.05, 3.63) is 47.8 Å². The minimum Gasteiger partial charge on any atom is -0.477 e. The van der Waals surface area contributed by atoms with E-state index in [9.17, 15) is 24.3 Å². The topological polar surface area (TPSA) is 150 Å². The van der Waals surface area contributed by atoms with Crippen LogP contribution in [0.4, 0.5) is 5.82 Å². The highest BCUT2D eigenvalue weighted by Gasteiger charge is 2.54. The summed E-state index contributed by atoms with van der Waals surface area (Å²) >= 11 is 1.31. The highest BCUT2D eigenvalue weighted by molar-refractivity contribution is 8.00. The van der Waals surface area contributed by atoms with Gasteiger partial charge in [-0.2, -0.15) is 0 Å². The highest BCUT2D eigenvalue weighted by Crippen LogP contribution is 2.40. The van der Waals surface area contributed by atoms with Gasteiger partial charge in [0.05, 0.1) is 0 Å². The van der Waals surface area contributed by atoms with Gasteiger partial charge in [-0.05, 0) is 17.7 Å². The molecule has 12 heteroatoms. The fourth-order valence-corrected chi connectivity index (χ4v) is 4.35. The maximum atomic E-state index is 12.8. The van der Waals surface area contributed by atoms with Crippen molar-refractivity contribution in [1.82, 2.24) is 15.2 Å². The van der Waals surface area contributed by atoms with Gasteiger partial charge in [0, 0.05) is 5.75 Å². The minimum atomic E-state index is -1.24. The van der Waals surface area contributed by atoms with Crippen molar-refractivity contribution in [2.45, 2.75) is 11.4 Å². The van der Waals surface area contributed by atoms with E-state index < -0.39 is 29.2 Å². The number of oxime groups is 1. The Morgan fingerprint density at radius 1 is 1.47 bits per heavy atom. The number of aliphatic carboxylic acids is 1. The molecule has 2 aliphatic rings. The normalized spacial score (nSPS) is 20.6. The first kappa shape index (κ1) is 21.0. The van der Waals surface area contributed by atoms with Gasteiger partial charge >= 0.3 is 5.97 Å². The Kier molecular flexibility index (Phi) is 6.16. The van der Waals surface area contributed by atoms with Crippen LogP contribution in [-0.4, -0.2) is 69.2 Å². The van der Waals surface area contributed by atoms with Crippen molar-refractivity contribution in [3.63, 3.8) is 0 Å². The zero-order chi connectivity index (χ0) is 21.8. The number of amides is 3. The summed E-state index contributed by atoms with van der Waals surface area (Å²) in [7, 11) is 1.24. The number of carboxylic acid groups (broad SMARTS) is 1. The number of fused-ring (bicyclic) bond motifs is 1. The Hall–Kier alpha value is -3.67. The van der Waals surface area contributed by atoms with Crippen LogP contribution in [0.15, 0.2) is 47.3 Å². The molecule has 0 saturated carbocycles. The predicted molar refractivity (Wildman–Crippen MR) is 107 cm³/mol. The van der Waals surface area contributed by atoms with Crippen LogP contribution in [0.1, 0.15) is 5.69 Å². The molecular weight excluding hydrogens is 414 g/mol. The van der Waals surface area contributed by atoms with Gasteiger partial charge in [0.2, 0.25) is 6.41 Å². The molecule has 0 aromatic carbocycles. The number of pyridine rings is 1. The Morgan fingerprint density at radius 3 is 2.87 bits per heavy atom. The van der Waals surface area contributed by atoms with Crippen molar-refractivity contribution >= 4 is 47.5 Å². The molecule has 156 valence electrons. The fraction of sp³-hybridized carbons (Fsp3) is 0.222. The van der Waals surface area contributed by atoms with Crippen molar-refractivity contribution < 1.29 is 29.1 Å². The van der Waals surface area contributed by atoms with E-state index in [0.717, 1.165) is 4.90 Å². The van der Waals surface area contributed by atoms with E-state index in [2.05, 4.69) is 27.4 Å². The van der Waals surface area contributed by atoms with Gasteiger partial charge in [0.15, 0.2) is 5.71 Å². The molecule has 11 nitrogen and oxygen atoms in total. The van der Waals surface area contributed by atoms with Gasteiger partial charge in [0.1, 0.15) is 35.7 Å². The molecule has 1 saturated heterocycles. The second-order valence-corrected chi connectivity index (χ2v) is 7.14. The highest BCUT2D eigenvalue weighted by atomic mass is 32.2. The van der Waals surface area contributed by atoms with E-state index in [1.54, 1.807) is 6.07 Å². The number of nitrogens with one attached hydrogen (secondary N) is 2. The van der Waals surface area contributed by atoms with E-state index >= 15 is 0 Å². The molecule has 3 N–H and O–H groups in total. The lowest BCUT2D eigenvalue weighted by molar-refractivity contribution is -0.150. The number of anilines is 1. The molecule has 3 amide bonds. The summed E-state index contributed by atoms with van der Waals surface area (Å²) < 4.78 is 0. The van der Waals surface area contributed by atoms with Gasteiger partial charge in [-0.1, -0.05) is 23.9 Å². The first-order valence-electron chi connectivity index (χ1n) is 8.56. The molecule has 3 rings (SSSR count). The van der Waals surface area contributed by atoms with Gasteiger partial charge in [-0.3, -0.25) is 19.3 Å². The van der Waals surface area contributed by atoms with Crippen LogP contribution in [0.5, 0.6) is 0 Å². The van der Waals surface area contributed by atoms with E-state index in [1.807, 2.05) is 0 Å². The van der Waals surface area contributed by atoms with E-state index in [1.165, 1.54) is 37.1 Å². The van der Waals surface area contributed by atoms with Crippen molar-refractivity contribution in [3.8, 4) is 0 Å². The summed E-state index contributed by atoms with van der Waals surface area (Å²) in [4.78, 5) is 57.5.